The minimum Gasteiger partial charge on any atom is -0.394 e. The van der Waals surface area contributed by atoms with Gasteiger partial charge in [0.2, 0.25) is 0 Å². The molecule has 1 atom stereocenters. The Morgan fingerprint density at radius 1 is 1.20 bits per heavy atom. The van der Waals surface area contributed by atoms with E-state index in [1.54, 1.807) is 12.1 Å². The number of carbonyl (C=O) groups is 2. The van der Waals surface area contributed by atoms with Crippen molar-refractivity contribution in [1.82, 2.24) is 10.3 Å². The second-order valence-electron chi connectivity index (χ2n) is 9.98. The average Bonchev–Trinajstić information content (AvgIpc) is 3.36. The number of aryl methyl sites for hydroxylation is 1. The normalized spacial score (nSPS) is 14.3. The zero-order chi connectivity index (χ0) is 30.1. The minimum atomic E-state index is -0.353. The maximum Gasteiger partial charge on any atom is 0.272 e. The number of likely N-dealkylation sites (N-methyl/N-ethyl adjacent to an activating group) is 1. The number of nitrogens with two attached hydrogens (primary N) is 3. The molecule has 10 heteroatoms. The van der Waals surface area contributed by atoms with Gasteiger partial charge in [-0.2, -0.15) is 0 Å². The van der Waals surface area contributed by atoms with Crippen LogP contribution >= 0.6 is 23.3 Å². The Morgan fingerprint density at radius 3 is 2.40 bits per heavy atom. The second kappa shape index (κ2) is 18.6. The fraction of sp³-hybridized carbons (Fsp3) is 0.433. The van der Waals surface area contributed by atoms with Gasteiger partial charge in [-0.25, -0.2) is 4.98 Å². The molecule has 1 aliphatic carbocycles. The number of aldehydes is 1. The van der Waals surface area contributed by atoms with Crippen LogP contribution in [0.5, 0.6) is 0 Å². The number of nitrogens with one attached hydrogen (secondary N) is 2. The van der Waals surface area contributed by atoms with Crippen LogP contribution in [0.3, 0.4) is 0 Å². The summed E-state index contributed by atoms with van der Waals surface area (Å²) in [5.41, 5.74) is 14.3. The van der Waals surface area contributed by atoms with Crippen LogP contribution in [-0.2, 0) is 17.6 Å². The van der Waals surface area contributed by atoms with E-state index >= 15 is 0 Å². The molecule has 1 aliphatic rings. The van der Waals surface area contributed by atoms with Crippen molar-refractivity contribution in [2.75, 3.05) is 25.5 Å². The molecule has 40 heavy (non-hydrogen) atoms. The fourth-order valence-electron chi connectivity index (χ4n) is 3.94. The van der Waals surface area contributed by atoms with Gasteiger partial charge in [0.25, 0.3) is 5.91 Å². The Bertz CT molecular complexity index is 1200. The zero-order valence-electron chi connectivity index (χ0n) is 24.6. The van der Waals surface area contributed by atoms with Gasteiger partial charge < -0.3 is 22.1 Å². The fourth-order valence-corrected chi connectivity index (χ4v) is 5.04. The molecule has 0 fully saturated rings. The summed E-state index contributed by atoms with van der Waals surface area (Å²) in [4.78, 5) is 28.7. The Hall–Kier alpha value is -2.76. The Morgan fingerprint density at radius 2 is 1.88 bits per heavy atom. The van der Waals surface area contributed by atoms with Crippen LogP contribution in [0, 0.1) is 11.3 Å². The lowest BCUT2D eigenvalue weighted by Crippen LogP contribution is -2.27. The quantitative estimate of drug-likeness (QED) is 0.145. The lowest BCUT2D eigenvalue weighted by atomic mass is 9.71. The van der Waals surface area contributed by atoms with Crippen molar-refractivity contribution < 1.29 is 9.59 Å². The number of rotatable bonds is 6. The molecule has 2 aromatic heterocycles. The van der Waals surface area contributed by atoms with Gasteiger partial charge >= 0.3 is 0 Å². The summed E-state index contributed by atoms with van der Waals surface area (Å²) in [6.45, 7) is 12.6. The number of amides is 1. The van der Waals surface area contributed by atoms with Crippen molar-refractivity contribution in [2.45, 2.75) is 53.9 Å². The van der Waals surface area contributed by atoms with E-state index in [-0.39, 0.29) is 11.6 Å². The molecule has 1 amide bonds. The molecule has 8 nitrogen and oxygen atoms in total. The molecular formula is C30H46N6O2S2. The van der Waals surface area contributed by atoms with E-state index in [1.807, 2.05) is 45.2 Å². The number of carbonyl (C=O) groups excluding carboxylic acids is 2. The van der Waals surface area contributed by atoms with E-state index < -0.39 is 0 Å². The third kappa shape index (κ3) is 11.8. The molecule has 1 unspecified atom stereocenters. The smallest absolute Gasteiger partial charge is 0.272 e. The first-order valence-corrected chi connectivity index (χ1v) is 15.3. The van der Waals surface area contributed by atoms with Crippen LogP contribution in [0.4, 0.5) is 5.69 Å². The van der Waals surface area contributed by atoms with Gasteiger partial charge in [0.15, 0.2) is 6.29 Å². The highest BCUT2D eigenvalue weighted by Gasteiger charge is 2.29. The number of aromatic nitrogens is 1. The van der Waals surface area contributed by atoms with E-state index in [9.17, 15) is 9.59 Å². The highest BCUT2D eigenvalue weighted by Crippen LogP contribution is 2.38. The summed E-state index contributed by atoms with van der Waals surface area (Å²) >= 11 is 2.40. The summed E-state index contributed by atoms with van der Waals surface area (Å²) in [6, 6.07) is 13.3. The number of fused-ring (bicyclic) bond motifs is 2. The first-order chi connectivity index (χ1) is 19.1. The van der Waals surface area contributed by atoms with Crippen LogP contribution < -0.4 is 27.2 Å². The molecule has 1 aromatic carbocycles. The molecular weight excluding hydrogens is 541 g/mol. The van der Waals surface area contributed by atoms with Crippen LogP contribution in [0.2, 0.25) is 0 Å². The lowest BCUT2D eigenvalue weighted by Gasteiger charge is -2.34. The highest BCUT2D eigenvalue weighted by atomic mass is 32.2. The summed E-state index contributed by atoms with van der Waals surface area (Å²) in [5, 5.41) is 13.2. The standard InChI is InChI=1S/C16H19NOS.C9H11N3OS.C3H10N2.C2H6/c1-16(2,3)12-4-5-14-10(7-12)6-11-8-13(9-18)19-15(11)17-14;10-8(6-14-11)9(13)12-7-4-2-1-3-5-7;1-5-3-2-4;1-2/h6,8-9,12H,4-5,7H2,1-3H3;1-6H,10-11H2,(H,12,13);5H,2-4H2,1H3;1-2H3/b;8-6-;;. The highest BCUT2D eigenvalue weighted by molar-refractivity contribution is 8.00. The monoisotopic (exact) mass is 586 g/mol. The third-order valence-corrected chi connectivity index (χ3v) is 7.48. The van der Waals surface area contributed by atoms with Gasteiger partial charge in [-0.3, -0.25) is 14.7 Å². The number of hydrogen-bond donors (Lipinski definition) is 5. The number of anilines is 1. The van der Waals surface area contributed by atoms with Crippen LogP contribution in [0.25, 0.3) is 10.2 Å². The molecule has 0 bridgehead atoms. The lowest BCUT2D eigenvalue weighted by molar-refractivity contribution is -0.112. The first-order valence-electron chi connectivity index (χ1n) is 13.5. The van der Waals surface area contributed by atoms with Crippen molar-refractivity contribution >= 4 is 51.4 Å². The van der Waals surface area contributed by atoms with Crippen molar-refractivity contribution in [3.05, 3.63) is 69.7 Å². The van der Waals surface area contributed by atoms with Gasteiger partial charge in [0.05, 0.1) is 4.88 Å². The summed E-state index contributed by atoms with van der Waals surface area (Å²) < 4.78 is 0. The largest absolute Gasteiger partial charge is 0.394 e. The van der Waals surface area contributed by atoms with E-state index in [0.717, 1.165) is 65.2 Å². The summed E-state index contributed by atoms with van der Waals surface area (Å²) in [6.07, 6.45) is 4.33. The molecule has 2 heterocycles. The first kappa shape index (κ1) is 35.3. The molecule has 0 aliphatic heterocycles. The minimum absolute atomic E-state index is 0.0985. The van der Waals surface area contributed by atoms with Crippen molar-refractivity contribution in [2.24, 2.45) is 27.9 Å². The molecule has 220 valence electrons. The molecule has 8 N–H and O–H groups in total. The van der Waals surface area contributed by atoms with E-state index in [2.05, 4.69) is 37.5 Å². The Labute approximate surface area is 247 Å². The van der Waals surface area contributed by atoms with Gasteiger partial charge in [0.1, 0.15) is 10.5 Å². The van der Waals surface area contributed by atoms with Crippen LogP contribution in [-0.4, -0.2) is 37.3 Å². The number of pyridine rings is 1. The average molecular weight is 587 g/mol. The maximum atomic E-state index is 11.3. The van der Waals surface area contributed by atoms with Gasteiger partial charge in [-0.15, -0.1) is 11.3 Å². The van der Waals surface area contributed by atoms with E-state index in [1.165, 1.54) is 34.4 Å². The molecule has 0 saturated carbocycles. The Kier molecular flexibility index (Phi) is 16.4. The molecule has 0 radical (unpaired) electrons. The number of benzene rings is 1. The Balaban J connectivity index is 0.000000336. The van der Waals surface area contributed by atoms with Gasteiger partial charge in [-0.1, -0.05) is 64.8 Å². The molecule has 3 aromatic rings. The molecule has 0 saturated heterocycles. The maximum absolute atomic E-state index is 11.3. The van der Waals surface area contributed by atoms with Crippen molar-refractivity contribution in [1.29, 1.82) is 0 Å². The number of para-hydroxylation sites is 1. The molecule has 0 spiro atoms. The second-order valence-corrected chi connectivity index (χ2v) is 11.6. The van der Waals surface area contributed by atoms with Crippen molar-refractivity contribution in [3.8, 4) is 0 Å². The predicted octanol–water partition coefficient (Wildman–Crippen LogP) is 5.48. The third-order valence-electron chi connectivity index (χ3n) is 6.12. The topological polar surface area (TPSA) is 149 Å². The number of nitrogens with zero attached hydrogens (tertiary/aromatic N) is 1. The van der Waals surface area contributed by atoms with E-state index in [0.29, 0.717) is 11.1 Å². The van der Waals surface area contributed by atoms with Crippen LogP contribution in [0.15, 0.2) is 53.6 Å². The summed E-state index contributed by atoms with van der Waals surface area (Å²) in [7, 11) is 1.88. The van der Waals surface area contributed by atoms with Crippen LogP contribution in [0.1, 0.15) is 62.0 Å². The van der Waals surface area contributed by atoms with E-state index in [4.69, 9.17) is 21.6 Å². The zero-order valence-corrected chi connectivity index (χ0v) is 26.3. The number of hydrogen-bond acceptors (Lipinski definition) is 9. The molecule has 4 rings (SSSR count). The van der Waals surface area contributed by atoms with Crippen molar-refractivity contribution in [3.63, 3.8) is 0 Å². The predicted molar refractivity (Wildman–Crippen MR) is 173 cm³/mol. The van der Waals surface area contributed by atoms with Gasteiger partial charge in [-0.05, 0) is 67.5 Å². The number of thiophene rings is 1. The summed E-state index contributed by atoms with van der Waals surface area (Å²) in [5.74, 6) is 0.373. The van der Waals surface area contributed by atoms with Gasteiger partial charge in [0, 0.05) is 35.3 Å². The SMILES string of the molecule is CC.CC(C)(C)C1CCc2nc3sc(C=O)cc3cc2C1.CNCCN.NS/C=C(\N)C(=O)Nc1ccccc1.